The van der Waals surface area contributed by atoms with Crippen molar-refractivity contribution < 1.29 is 17.6 Å². The highest BCUT2D eigenvalue weighted by Gasteiger charge is 2.21. The summed E-state index contributed by atoms with van der Waals surface area (Å²) in [5.41, 5.74) is 0.917. The minimum absolute atomic E-state index is 0.0145. The number of thiazole rings is 1. The summed E-state index contributed by atoms with van der Waals surface area (Å²) in [6.45, 7) is 2.35. The number of sulfone groups is 1. The van der Waals surface area contributed by atoms with Crippen LogP contribution in [-0.4, -0.2) is 41.4 Å². The first-order chi connectivity index (χ1) is 15.4. The monoisotopic (exact) mass is 472 g/mol. The molecule has 0 radical (unpaired) electrons. The minimum Gasteiger partial charge on any atom is -0.286 e. The first kappa shape index (κ1) is 22.1. The maximum Gasteiger partial charge on any atom is 0.233 e. The minimum atomic E-state index is -3.30. The number of fused-ring (bicyclic) bond motifs is 1. The molecule has 0 spiro atoms. The second-order valence-electron chi connectivity index (χ2n) is 7.12. The number of aromatic nitrogens is 3. The summed E-state index contributed by atoms with van der Waals surface area (Å²) < 4.78 is 40.6. The second kappa shape index (κ2) is 9.17. The van der Waals surface area contributed by atoms with Gasteiger partial charge < -0.3 is 0 Å². The van der Waals surface area contributed by atoms with Crippen molar-refractivity contribution in [3.63, 3.8) is 0 Å². The lowest BCUT2D eigenvalue weighted by Crippen LogP contribution is -2.35. The Labute approximate surface area is 189 Å². The van der Waals surface area contributed by atoms with Gasteiger partial charge in [0.1, 0.15) is 11.3 Å². The molecule has 0 bridgehead atoms. The maximum absolute atomic E-state index is 14.2. The molecule has 166 valence electrons. The average molecular weight is 473 g/mol. The first-order valence-corrected chi connectivity index (χ1v) is 12.5. The zero-order valence-corrected chi connectivity index (χ0v) is 18.9. The van der Waals surface area contributed by atoms with Crippen LogP contribution in [0.25, 0.3) is 10.2 Å². The Hall–Kier alpha value is -3.11. The second-order valence-corrected chi connectivity index (χ2v) is 10.4. The van der Waals surface area contributed by atoms with E-state index in [2.05, 4.69) is 10.1 Å². The summed E-state index contributed by atoms with van der Waals surface area (Å²) in [4.78, 5) is 19.4. The molecule has 4 aromatic rings. The average Bonchev–Trinajstić information content (AvgIpc) is 3.45. The van der Waals surface area contributed by atoms with E-state index in [1.54, 1.807) is 54.3 Å². The molecule has 0 saturated carbocycles. The third-order valence-corrected chi connectivity index (χ3v) is 7.81. The lowest BCUT2D eigenvalue weighted by atomic mass is 10.1. The Morgan fingerprint density at radius 3 is 2.59 bits per heavy atom. The highest BCUT2D eigenvalue weighted by molar-refractivity contribution is 7.91. The van der Waals surface area contributed by atoms with Crippen LogP contribution < -0.4 is 4.90 Å². The van der Waals surface area contributed by atoms with Gasteiger partial charge in [0.2, 0.25) is 5.91 Å². The normalized spacial score (nSPS) is 11.7. The van der Waals surface area contributed by atoms with Crippen LogP contribution in [0.1, 0.15) is 12.5 Å². The maximum atomic E-state index is 14.2. The molecule has 0 aliphatic rings. The van der Waals surface area contributed by atoms with E-state index in [4.69, 9.17) is 0 Å². The van der Waals surface area contributed by atoms with Crippen molar-refractivity contribution in [1.29, 1.82) is 0 Å². The molecule has 2 aromatic heterocycles. The van der Waals surface area contributed by atoms with E-state index in [1.165, 1.54) is 34.4 Å². The molecule has 2 aromatic carbocycles. The third-order valence-electron chi connectivity index (χ3n) is 5.02. The fraction of sp³-hybridized carbons (Fsp3) is 0.227. The van der Waals surface area contributed by atoms with Gasteiger partial charge in [-0.3, -0.25) is 14.4 Å². The molecular weight excluding hydrogens is 451 g/mol. The Balaban J connectivity index is 1.59. The van der Waals surface area contributed by atoms with Crippen molar-refractivity contribution in [2.75, 3.05) is 17.2 Å². The Bertz CT molecular complexity index is 1330. The number of nitrogens with zero attached hydrogens (tertiary/aromatic N) is 4. The Morgan fingerprint density at radius 1 is 1.16 bits per heavy atom. The molecule has 2 heterocycles. The number of amides is 1. The molecule has 0 atom stereocenters. The van der Waals surface area contributed by atoms with Gasteiger partial charge in [0, 0.05) is 18.9 Å². The number of hydrogen-bond acceptors (Lipinski definition) is 6. The van der Waals surface area contributed by atoms with Crippen molar-refractivity contribution in [2.45, 2.75) is 24.8 Å². The standard InChI is InChI=1S/C22H21FN4O3S2/c1-2-32(29,30)17-9-7-16(8-10-17)15-20(28)27(14-13-26-12-4-11-24-26)22-25-21-18(23)5-3-6-19(21)31-22/h3-12H,2,13-15H2,1H3. The lowest BCUT2D eigenvalue weighted by molar-refractivity contribution is -0.118. The predicted octanol–water partition coefficient (Wildman–Crippen LogP) is 3.70. The van der Waals surface area contributed by atoms with Crippen LogP contribution in [0, 0.1) is 5.82 Å². The quantitative estimate of drug-likeness (QED) is 0.390. The zero-order valence-electron chi connectivity index (χ0n) is 17.3. The van der Waals surface area contributed by atoms with Gasteiger partial charge in [-0.15, -0.1) is 0 Å². The molecule has 0 aliphatic heterocycles. The molecule has 7 nitrogen and oxygen atoms in total. The van der Waals surface area contributed by atoms with Crippen LogP contribution >= 0.6 is 11.3 Å². The van der Waals surface area contributed by atoms with E-state index in [9.17, 15) is 17.6 Å². The highest BCUT2D eigenvalue weighted by atomic mass is 32.2. The summed E-state index contributed by atoms with van der Waals surface area (Å²) in [5.74, 6) is -0.638. The molecule has 4 rings (SSSR count). The fourth-order valence-corrected chi connectivity index (χ4v) is 5.14. The summed E-state index contributed by atoms with van der Waals surface area (Å²) in [6.07, 6.45) is 3.52. The van der Waals surface area contributed by atoms with E-state index in [1.807, 2.05) is 0 Å². The van der Waals surface area contributed by atoms with Crippen LogP contribution in [0.15, 0.2) is 65.8 Å². The summed E-state index contributed by atoms with van der Waals surface area (Å²) in [7, 11) is -3.30. The van der Waals surface area contributed by atoms with Crippen LogP contribution in [0.4, 0.5) is 9.52 Å². The van der Waals surface area contributed by atoms with Gasteiger partial charge in [-0.25, -0.2) is 17.8 Å². The van der Waals surface area contributed by atoms with Gasteiger partial charge in [0.25, 0.3) is 0 Å². The Morgan fingerprint density at radius 2 is 1.94 bits per heavy atom. The zero-order chi connectivity index (χ0) is 22.7. The molecule has 0 N–H and O–H groups in total. The van der Waals surface area contributed by atoms with E-state index in [-0.39, 0.29) is 28.5 Å². The van der Waals surface area contributed by atoms with Gasteiger partial charge in [0.15, 0.2) is 15.0 Å². The number of para-hydroxylation sites is 1. The number of anilines is 1. The molecule has 0 aliphatic carbocycles. The van der Waals surface area contributed by atoms with E-state index in [0.717, 1.165) is 0 Å². The molecule has 0 unspecified atom stereocenters. The predicted molar refractivity (Wildman–Crippen MR) is 122 cm³/mol. The third kappa shape index (κ3) is 4.71. The van der Waals surface area contributed by atoms with Crippen molar-refractivity contribution >= 4 is 42.4 Å². The lowest BCUT2D eigenvalue weighted by Gasteiger charge is -2.20. The molecule has 0 fully saturated rings. The molecule has 10 heteroatoms. The van der Waals surface area contributed by atoms with Crippen molar-refractivity contribution in [3.8, 4) is 0 Å². The topological polar surface area (TPSA) is 85.2 Å². The SMILES string of the molecule is CCS(=O)(=O)c1ccc(CC(=O)N(CCn2cccn2)c2nc3c(F)cccc3s2)cc1. The van der Waals surface area contributed by atoms with Gasteiger partial charge >= 0.3 is 0 Å². The van der Waals surface area contributed by atoms with Gasteiger partial charge in [0.05, 0.1) is 28.3 Å². The largest absolute Gasteiger partial charge is 0.286 e. The highest BCUT2D eigenvalue weighted by Crippen LogP contribution is 2.30. The fourth-order valence-electron chi connectivity index (χ4n) is 3.23. The van der Waals surface area contributed by atoms with Crippen LogP contribution in [-0.2, 0) is 27.6 Å². The van der Waals surface area contributed by atoms with E-state index < -0.39 is 15.7 Å². The van der Waals surface area contributed by atoms with Gasteiger partial charge in [-0.1, -0.05) is 36.5 Å². The summed E-state index contributed by atoms with van der Waals surface area (Å²) >= 11 is 1.25. The smallest absolute Gasteiger partial charge is 0.233 e. The van der Waals surface area contributed by atoms with Crippen molar-refractivity contribution in [3.05, 3.63) is 72.3 Å². The first-order valence-electron chi connectivity index (χ1n) is 10.0. The molecule has 32 heavy (non-hydrogen) atoms. The number of benzene rings is 2. The van der Waals surface area contributed by atoms with Crippen LogP contribution in [0.2, 0.25) is 0 Å². The van der Waals surface area contributed by atoms with Gasteiger partial charge in [-0.05, 0) is 35.9 Å². The van der Waals surface area contributed by atoms with Crippen LogP contribution in [0.5, 0.6) is 0 Å². The molecule has 1 amide bonds. The van der Waals surface area contributed by atoms with Crippen LogP contribution in [0.3, 0.4) is 0 Å². The number of rotatable bonds is 8. The molecular formula is C22H21FN4O3S2. The van der Waals surface area contributed by atoms with E-state index >= 15 is 0 Å². The van der Waals surface area contributed by atoms with Crippen molar-refractivity contribution in [1.82, 2.24) is 14.8 Å². The molecule has 0 saturated heterocycles. The van der Waals surface area contributed by atoms with Crippen molar-refractivity contribution in [2.24, 2.45) is 0 Å². The summed E-state index contributed by atoms with van der Waals surface area (Å²) in [6, 6.07) is 12.8. The number of hydrogen-bond donors (Lipinski definition) is 0. The number of halogens is 1. The summed E-state index contributed by atoms with van der Waals surface area (Å²) in [5, 5.41) is 4.58. The van der Waals surface area contributed by atoms with Gasteiger partial charge in [-0.2, -0.15) is 5.10 Å². The number of carbonyl (C=O) groups is 1. The Kier molecular flexibility index (Phi) is 6.33. The van der Waals surface area contributed by atoms with E-state index in [0.29, 0.717) is 28.5 Å². The number of carbonyl (C=O) groups excluding carboxylic acids is 1.